The number of carbonyl (C=O) groups excluding carboxylic acids is 1. The normalized spacial score (nSPS) is 11.0. The third kappa shape index (κ3) is 3.54. The van der Waals surface area contributed by atoms with E-state index >= 15 is 0 Å². The number of anilines is 2. The van der Waals surface area contributed by atoms with Gasteiger partial charge in [0.05, 0.1) is 11.1 Å². The van der Waals surface area contributed by atoms with Gasteiger partial charge in [0.1, 0.15) is 6.67 Å². The zero-order valence-corrected chi connectivity index (χ0v) is 16.1. The molecule has 0 atom stereocenters. The molecule has 0 saturated carbocycles. The highest BCUT2D eigenvalue weighted by Crippen LogP contribution is 2.30. The Hall–Kier alpha value is -3.74. The van der Waals surface area contributed by atoms with Crippen molar-refractivity contribution in [2.24, 2.45) is 0 Å². The number of benzene rings is 2. The van der Waals surface area contributed by atoms with E-state index in [9.17, 15) is 9.18 Å². The summed E-state index contributed by atoms with van der Waals surface area (Å²) in [6, 6.07) is 14.1. The van der Waals surface area contributed by atoms with Crippen molar-refractivity contribution in [1.29, 1.82) is 0 Å². The summed E-state index contributed by atoms with van der Waals surface area (Å²) in [5, 5.41) is 10.6. The van der Waals surface area contributed by atoms with E-state index in [0.29, 0.717) is 28.3 Å². The first-order chi connectivity index (χ1) is 14.0. The molecular weight excluding hydrogens is 369 g/mol. The van der Waals surface area contributed by atoms with Crippen molar-refractivity contribution in [3.8, 4) is 11.3 Å². The van der Waals surface area contributed by atoms with Crippen LogP contribution in [0.1, 0.15) is 27.0 Å². The number of alkyl halides is 1. The van der Waals surface area contributed by atoms with Gasteiger partial charge in [0.15, 0.2) is 11.5 Å². The van der Waals surface area contributed by atoms with Gasteiger partial charge in [-0.2, -0.15) is 5.10 Å². The van der Waals surface area contributed by atoms with Gasteiger partial charge >= 0.3 is 0 Å². The quantitative estimate of drug-likeness (QED) is 0.477. The maximum Gasteiger partial charge on any atom is 0.255 e. The number of carbonyl (C=O) groups is 1. The highest BCUT2D eigenvalue weighted by molar-refractivity contribution is 6.04. The second-order valence-electron chi connectivity index (χ2n) is 6.97. The molecule has 4 aromatic rings. The Morgan fingerprint density at radius 3 is 2.76 bits per heavy atom. The Kier molecular flexibility index (Phi) is 4.72. The van der Waals surface area contributed by atoms with Gasteiger partial charge in [0.25, 0.3) is 5.91 Å². The van der Waals surface area contributed by atoms with Crippen molar-refractivity contribution in [3.63, 3.8) is 0 Å². The number of nitrogen functional groups attached to an aromatic ring is 1. The molecule has 2 heterocycles. The Labute approximate surface area is 167 Å². The number of nitrogens with zero attached hydrogens (tertiary/aromatic N) is 2. The summed E-state index contributed by atoms with van der Waals surface area (Å²) < 4.78 is 12.9. The predicted molar refractivity (Wildman–Crippen MR) is 112 cm³/mol. The van der Waals surface area contributed by atoms with E-state index in [1.807, 2.05) is 38.1 Å². The van der Waals surface area contributed by atoms with Crippen molar-refractivity contribution in [3.05, 3.63) is 70.8 Å². The Balaban J connectivity index is 1.68. The summed E-state index contributed by atoms with van der Waals surface area (Å²) in [7, 11) is 0. The molecule has 7 heteroatoms. The molecule has 6 nitrogen and oxygen atoms in total. The lowest BCUT2D eigenvalue weighted by Crippen LogP contribution is -2.12. The first-order valence-electron chi connectivity index (χ1n) is 9.14. The summed E-state index contributed by atoms with van der Waals surface area (Å²) in [6.07, 6.45) is 0. The van der Waals surface area contributed by atoms with E-state index in [-0.39, 0.29) is 5.91 Å². The van der Waals surface area contributed by atoms with Gasteiger partial charge in [0.2, 0.25) is 0 Å². The zero-order valence-electron chi connectivity index (χ0n) is 16.1. The number of pyridine rings is 1. The number of nitrogens with one attached hydrogen (secondary N) is 2. The molecule has 0 aliphatic rings. The van der Waals surface area contributed by atoms with Gasteiger partial charge in [-0.25, -0.2) is 9.37 Å². The maximum atomic E-state index is 12.9. The topological polar surface area (TPSA) is 96.7 Å². The number of rotatable bonds is 4. The van der Waals surface area contributed by atoms with Gasteiger partial charge < -0.3 is 11.1 Å². The molecule has 0 bridgehead atoms. The Morgan fingerprint density at radius 1 is 1.14 bits per heavy atom. The minimum Gasteiger partial charge on any atom is -0.382 e. The second kappa shape index (κ2) is 7.35. The van der Waals surface area contributed by atoms with Crippen LogP contribution in [-0.4, -0.2) is 21.1 Å². The number of aromatic amines is 1. The molecule has 0 aliphatic carbocycles. The first kappa shape index (κ1) is 18.6. The van der Waals surface area contributed by atoms with E-state index in [0.717, 1.165) is 27.8 Å². The van der Waals surface area contributed by atoms with Crippen LogP contribution in [0, 0.1) is 13.8 Å². The molecule has 2 aromatic carbocycles. The monoisotopic (exact) mass is 389 g/mol. The molecule has 4 N–H and O–H groups in total. The van der Waals surface area contributed by atoms with Crippen LogP contribution in [0.4, 0.5) is 15.9 Å². The number of H-pyrrole nitrogens is 1. The largest absolute Gasteiger partial charge is 0.382 e. The van der Waals surface area contributed by atoms with Crippen LogP contribution >= 0.6 is 0 Å². The van der Waals surface area contributed by atoms with Crippen molar-refractivity contribution >= 4 is 28.4 Å². The standard InChI is InChI=1S/C22H20FN5O/c1-12-6-7-16(25-22(29)15-5-3-4-14(9-15)11-23)10-17(12)18-8-13(2)19-20(24)27-28-21(19)26-18/h3-10H,11H2,1-2H3,(H,25,29)(H3,24,26,27,28). The van der Waals surface area contributed by atoms with E-state index in [1.165, 1.54) is 0 Å². The lowest BCUT2D eigenvalue weighted by atomic mass is 10.0. The summed E-state index contributed by atoms with van der Waals surface area (Å²) in [4.78, 5) is 17.2. The number of aryl methyl sites for hydroxylation is 2. The summed E-state index contributed by atoms with van der Waals surface area (Å²) >= 11 is 0. The van der Waals surface area contributed by atoms with Gasteiger partial charge in [-0.05, 0) is 60.9 Å². The Bertz CT molecular complexity index is 1230. The highest BCUT2D eigenvalue weighted by Gasteiger charge is 2.13. The van der Waals surface area contributed by atoms with Crippen molar-refractivity contribution < 1.29 is 9.18 Å². The lowest BCUT2D eigenvalue weighted by molar-refractivity contribution is 0.102. The lowest BCUT2D eigenvalue weighted by Gasteiger charge is -2.11. The number of hydrogen-bond acceptors (Lipinski definition) is 4. The zero-order chi connectivity index (χ0) is 20.5. The molecule has 4 rings (SSSR count). The molecule has 1 amide bonds. The fourth-order valence-electron chi connectivity index (χ4n) is 3.36. The van der Waals surface area contributed by atoms with Crippen LogP contribution < -0.4 is 11.1 Å². The van der Waals surface area contributed by atoms with Crippen molar-refractivity contribution in [2.75, 3.05) is 11.1 Å². The number of aromatic nitrogens is 3. The first-order valence-corrected chi connectivity index (χ1v) is 9.14. The summed E-state index contributed by atoms with van der Waals surface area (Å²) in [5.41, 5.74) is 11.6. The average Bonchev–Trinajstić information content (AvgIpc) is 3.10. The number of nitrogens with two attached hydrogens (primary N) is 1. The van der Waals surface area contributed by atoms with Gasteiger partial charge in [-0.1, -0.05) is 18.2 Å². The number of amides is 1. The minimum absolute atomic E-state index is 0.295. The van der Waals surface area contributed by atoms with E-state index in [2.05, 4.69) is 20.5 Å². The molecule has 0 spiro atoms. The smallest absolute Gasteiger partial charge is 0.255 e. The van der Waals surface area contributed by atoms with Crippen LogP contribution in [0.2, 0.25) is 0 Å². The molecule has 0 saturated heterocycles. The minimum atomic E-state index is -0.610. The van der Waals surface area contributed by atoms with Crippen molar-refractivity contribution in [1.82, 2.24) is 15.2 Å². The Morgan fingerprint density at radius 2 is 1.97 bits per heavy atom. The molecule has 0 radical (unpaired) electrons. The van der Waals surface area contributed by atoms with Gasteiger partial charge in [0, 0.05) is 16.8 Å². The predicted octanol–water partition coefficient (Wildman–Crippen LogP) is 4.55. The molecule has 146 valence electrons. The number of fused-ring (bicyclic) bond motifs is 1. The molecule has 29 heavy (non-hydrogen) atoms. The van der Waals surface area contributed by atoms with E-state index < -0.39 is 6.67 Å². The number of halogens is 1. The van der Waals surface area contributed by atoms with Gasteiger partial charge in [-0.3, -0.25) is 9.89 Å². The molecule has 2 aromatic heterocycles. The van der Waals surface area contributed by atoms with E-state index in [4.69, 9.17) is 5.73 Å². The maximum absolute atomic E-state index is 12.9. The van der Waals surface area contributed by atoms with Crippen molar-refractivity contribution in [2.45, 2.75) is 20.5 Å². The summed E-state index contributed by atoms with van der Waals surface area (Å²) in [5.74, 6) is 0.126. The van der Waals surface area contributed by atoms with Crippen LogP contribution in [0.3, 0.4) is 0 Å². The molecular formula is C22H20FN5O. The van der Waals surface area contributed by atoms with Gasteiger partial charge in [-0.15, -0.1) is 0 Å². The fraction of sp³-hybridized carbons (Fsp3) is 0.136. The molecule has 0 aliphatic heterocycles. The third-order valence-electron chi connectivity index (χ3n) is 4.87. The highest BCUT2D eigenvalue weighted by atomic mass is 19.1. The average molecular weight is 389 g/mol. The van der Waals surface area contributed by atoms with Crippen LogP contribution in [-0.2, 0) is 6.67 Å². The molecule has 0 unspecified atom stereocenters. The van der Waals surface area contributed by atoms with Crippen LogP contribution in [0.5, 0.6) is 0 Å². The second-order valence-corrected chi connectivity index (χ2v) is 6.97. The third-order valence-corrected chi connectivity index (χ3v) is 4.87. The summed E-state index contributed by atoms with van der Waals surface area (Å²) in [6.45, 7) is 3.33. The molecule has 0 fully saturated rings. The SMILES string of the molecule is Cc1ccc(NC(=O)c2cccc(CF)c2)cc1-c1cc(C)c2c(N)n[nH]c2n1. The van der Waals surface area contributed by atoms with Crippen LogP contribution in [0.25, 0.3) is 22.3 Å². The number of hydrogen-bond donors (Lipinski definition) is 3. The van der Waals surface area contributed by atoms with Crippen LogP contribution in [0.15, 0.2) is 48.5 Å². The fourth-order valence-corrected chi connectivity index (χ4v) is 3.36. The van der Waals surface area contributed by atoms with E-state index in [1.54, 1.807) is 24.3 Å².